The summed E-state index contributed by atoms with van der Waals surface area (Å²) in [5.74, 6) is -0.645. The molecule has 0 aliphatic carbocycles. The number of nitrogens with zero attached hydrogens (tertiary/aromatic N) is 4. The first-order valence-corrected chi connectivity index (χ1v) is 6.91. The second-order valence-corrected chi connectivity index (χ2v) is 5.08. The largest absolute Gasteiger partial charge is 0.474 e. The van der Waals surface area contributed by atoms with E-state index in [4.69, 9.17) is 4.74 Å². The number of hydrogen-bond acceptors (Lipinski definition) is 8. The lowest BCUT2D eigenvalue weighted by Crippen LogP contribution is -2.08. The third kappa shape index (κ3) is 3.83. The molecule has 0 spiro atoms. The van der Waals surface area contributed by atoms with Gasteiger partial charge in [0.1, 0.15) is 6.10 Å². The minimum absolute atomic E-state index is 0.535. The molecule has 11 heteroatoms. The van der Waals surface area contributed by atoms with Crippen LogP contribution in [0.15, 0.2) is 30.5 Å². The summed E-state index contributed by atoms with van der Waals surface area (Å²) in [5, 5.41) is 33.3. The van der Waals surface area contributed by atoms with E-state index in [0.717, 1.165) is 5.69 Å². The average molecular weight is 348 g/mol. The van der Waals surface area contributed by atoms with E-state index in [1.54, 1.807) is 19.1 Å². The number of rotatable bonds is 6. The highest BCUT2D eigenvalue weighted by Crippen LogP contribution is 2.42. The molecule has 2 rings (SSSR count). The molecule has 0 amide bonds. The molecular formula is C14H12N4O7. The zero-order valence-corrected chi connectivity index (χ0v) is 13.1. The van der Waals surface area contributed by atoms with Crippen LogP contribution in [0.5, 0.6) is 5.75 Å². The number of non-ortho nitro benzene ring substituents is 1. The van der Waals surface area contributed by atoms with Crippen LogP contribution in [0, 0.1) is 37.3 Å². The lowest BCUT2D eigenvalue weighted by atomic mass is 10.1. The van der Waals surface area contributed by atoms with Crippen molar-refractivity contribution < 1.29 is 19.5 Å². The van der Waals surface area contributed by atoms with Gasteiger partial charge in [0.2, 0.25) is 0 Å². The molecule has 1 aromatic heterocycles. The fourth-order valence-electron chi connectivity index (χ4n) is 2.05. The van der Waals surface area contributed by atoms with E-state index >= 15 is 0 Å². The molecule has 1 atom stereocenters. The van der Waals surface area contributed by atoms with E-state index in [0.29, 0.717) is 17.7 Å². The topological polar surface area (TPSA) is 152 Å². The fourth-order valence-corrected chi connectivity index (χ4v) is 2.05. The first-order chi connectivity index (χ1) is 11.7. The smallest absolute Gasteiger partial charge is 0.325 e. The average Bonchev–Trinajstić information content (AvgIpc) is 2.54. The Morgan fingerprint density at radius 3 is 1.96 bits per heavy atom. The normalized spacial score (nSPS) is 11.6. The van der Waals surface area contributed by atoms with Crippen molar-refractivity contribution >= 4 is 17.1 Å². The van der Waals surface area contributed by atoms with Crippen molar-refractivity contribution in [1.29, 1.82) is 0 Å². The number of pyridine rings is 1. The molecule has 0 aliphatic rings. The van der Waals surface area contributed by atoms with Crippen LogP contribution in [0.2, 0.25) is 0 Å². The molecule has 11 nitrogen and oxygen atoms in total. The molecule has 0 bridgehead atoms. The molecule has 130 valence electrons. The number of ether oxygens (including phenoxy) is 1. The van der Waals surface area contributed by atoms with Crippen molar-refractivity contribution in [3.63, 3.8) is 0 Å². The zero-order valence-electron chi connectivity index (χ0n) is 13.1. The third-order valence-corrected chi connectivity index (χ3v) is 3.34. The maximum absolute atomic E-state index is 11.2. The molecule has 0 saturated heterocycles. The van der Waals surface area contributed by atoms with Gasteiger partial charge in [-0.05, 0) is 19.9 Å². The quantitative estimate of drug-likeness (QED) is 0.569. The maximum atomic E-state index is 11.2. The van der Waals surface area contributed by atoms with Gasteiger partial charge in [0.25, 0.3) is 11.4 Å². The molecule has 25 heavy (non-hydrogen) atoms. The van der Waals surface area contributed by atoms with E-state index < -0.39 is 43.7 Å². The lowest BCUT2D eigenvalue weighted by molar-refractivity contribution is -0.404. The van der Waals surface area contributed by atoms with Crippen LogP contribution < -0.4 is 4.74 Å². The minimum Gasteiger partial charge on any atom is -0.474 e. The summed E-state index contributed by atoms with van der Waals surface area (Å²) in [5.41, 5.74) is -1.20. The first-order valence-electron chi connectivity index (χ1n) is 6.91. The van der Waals surface area contributed by atoms with Gasteiger partial charge >= 0.3 is 11.4 Å². The van der Waals surface area contributed by atoms with Gasteiger partial charge in [-0.1, -0.05) is 6.07 Å². The van der Waals surface area contributed by atoms with Gasteiger partial charge in [-0.3, -0.25) is 35.3 Å². The van der Waals surface area contributed by atoms with E-state index in [1.165, 1.54) is 13.1 Å². The second-order valence-electron chi connectivity index (χ2n) is 5.08. The molecule has 0 fully saturated rings. The Morgan fingerprint density at radius 1 is 1.00 bits per heavy atom. The SMILES string of the molecule is Cc1ccc(C(C)Oc2c([N+](=O)[O-])cc([N+](=O)[O-])cc2[N+](=O)[O-])cn1. The van der Waals surface area contributed by atoms with Crippen LogP contribution in [-0.4, -0.2) is 19.8 Å². The lowest BCUT2D eigenvalue weighted by Gasteiger charge is -2.15. The standard InChI is InChI=1S/C14H12N4O7/c1-8-3-4-10(7-15-8)9(2)25-14-12(17(21)22)5-11(16(19)20)6-13(14)18(23)24/h3-7,9H,1-2H3. The first kappa shape index (κ1) is 17.7. The summed E-state index contributed by atoms with van der Waals surface area (Å²) in [6.45, 7) is 3.29. The predicted molar refractivity (Wildman–Crippen MR) is 84.4 cm³/mol. The van der Waals surface area contributed by atoms with Crippen LogP contribution in [0.3, 0.4) is 0 Å². The van der Waals surface area contributed by atoms with Gasteiger partial charge in [-0.25, -0.2) is 0 Å². The molecule has 1 heterocycles. The number of aromatic nitrogens is 1. The highest BCUT2D eigenvalue weighted by atomic mass is 16.6. The number of nitro groups is 3. The Labute approximate surface area is 140 Å². The molecular weight excluding hydrogens is 336 g/mol. The molecule has 0 saturated carbocycles. The van der Waals surface area contributed by atoms with Crippen LogP contribution in [-0.2, 0) is 0 Å². The van der Waals surface area contributed by atoms with Gasteiger partial charge in [0.05, 0.1) is 26.9 Å². The van der Waals surface area contributed by atoms with E-state index in [1.807, 2.05) is 0 Å². The van der Waals surface area contributed by atoms with Crippen molar-refractivity contribution in [2.45, 2.75) is 20.0 Å². The highest BCUT2D eigenvalue weighted by Gasteiger charge is 2.33. The molecule has 0 N–H and O–H groups in total. The van der Waals surface area contributed by atoms with Gasteiger partial charge in [0, 0.05) is 17.5 Å². The number of nitro benzene ring substituents is 3. The molecule has 0 radical (unpaired) electrons. The van der Waals surface area contributed by atoms with Crippen LogP contribution in [0.1, 0.15) is 24.3 Å². The fraction of sp³-hybridized carbons (Fsp3) is 0.214. The summed E-state index contributed by atoms with van der Waals surface area (Å²) in [7, 11) is 0. The molecule has 2 aromatic rings. The van der Waals surface area contributed by atoms with Gasteiger partial charge in [0.15, 0.2) is 0 Å². The summed E-state index contributed by atoms with van der Waals surface area (Å²) in [6, 6.07) is 4.61. The van der Waals surface area contributed by atoms with Gasteiger partial charge in [-0.2, -0.15) is 0 Å². The van der Waals surface area contributed by atoms with Gasteiger partial charge < -0.3 is 4.74 Å². The second kappa shape index (κ2) is 6.86. The zero-order chi connectivity index (χ0) is 18.7. The highest BCUT2D eigenvalue weighted by molar-refractivity contribution is 5.65. The summed E-state index contributed by atoms with van der Waals surface area (Å²) in [4.78, 5) is 34.4. The maximum Gasteiger partial charge on any atom is 0.325 e. The number of aryl methyl sites for hydroxylation is 1. The third-order valence-electron chi connectivity index (χ3n) is 3.34. The van der Waals surface area contributed by atoms with Crippen molar-refractivity contribution in [1.82, 2.24) is 4.98 Å². The minimum atomic E-state index is -0.963. The monoisotopic (exact) mass is 348 g/mol. The predicted octanol–water partition coefficient (Wildman–Crippen LogP) is 3.25. The van der Waals surface area contributed by atoms with Crippen molar-refractivity contribution in [3.05, 3.63) is 72.1 Å². The van der Waals surface area contributed by atoms with E-state index in [9.17, 15) is 30.3 Å². The van der Waals surface area contributed by atoms with Crippen molar-refractivity contribution in [2.24, 2.45) is 0 Å². The Bertz CT molecular complexity index is 816. The summed E-state index contributed by atoms with van der Waals surface area (Å²) in [6.07, 6.45) is 0.676. The molecule has 1 aromatic carbocycles. The van der Waals surface area contributed by atoms with Crippen molar-refractivity contribution in [2.75, 3.05) is 0 Å². The van der Waals surface area contributed by atoms with E-state index in [-0.39, 0.29) is 0 Å². The number of benzene rings is 1. The van der Waals surface area contributed by atoms with Gasteiger partial charge in [-0.15, -0.1) is 0 Å². The van der Waals surface area contributed by atoms with E-state index in [2.05, 4.69) is 4.98 Å². The Balaban J connectivity index is 2.54. The summed E-state index contributed by atoms with van der Waals surface area (Å²) >= 11 is 0. The van der Waals surface area contributed by atoms with Crippen LogP contribution in [0.25, 0.3) is 0 Å². The Hall–Kier alpha value is -3.63. The van der Waals surface area contributed by atoms with Crippen LogP contribution >= 0.6 is 0 Å². The molecule has 0 aliphatic heterocycles. The molecule has 1 unspecified atom stereocenters. The summed E-state index contributed by atoms with van der Waals surface area (Å²) < 4.78 is 5.41. The Morgan fingerprint density at radius 2 is 1.56 bits per heavy atom. The Kier molecular flexibility index (Phi) is 4.86. The number of hydrogen-bond donors (Lipinski definition) is 0. The van der Waals surface area contributed by atoms with Crippen LogP contribution in [0.4, 0.5) is 17.1 Å². The van der Waals surface area contributed by atoms with Crippen molar-refractivity contribution in [3.8, 4) is 5.75 Å².